The van der Waals surface area contributed by atoms with Crippen LogP contribution < -0.4 is 10.2 Å². The first-order valence-electron chi connectivity index (χ1n) is 9.28. The number of thioether (sulfide) groups is 1. The molecule has 28 heavy (non-hydrogen) atoms. The molecule has 8 heteroatoms. The van der Waals surface area contributed by atoms with Crippen molar-refractivity contribution in [2.45, 2.75) is 31.8 Å². The van der Waals surface area contributed by atoms with Crippen molar-refractivity contribution in [2.75, 3.05) is 42.8 Å². The van der Waals surface area contributed by atoms with Crippen LogP contribution in [0.3, 0.4) is 0 Å². The number of para-hydroxylation sites is 1. The number of hydrogen-bond donors (Lipinski definition) is 1. The van der Waals surface area contributed by atoms with Crippen molar-refractivity contribution < 1.29 is 9.53 Å². The molecule has 1 N–H and O–H groups in total. The Kier molecular flexibility index (Phi) is 7.15. The predicted molar refractivity (Wildman–Crippen MR) is 115 cm³/mol. The molecule has 1 aromatic heterocycles. The van der Waals surface area contributed by atoms with Crippen LogP contribution in [-0.2, 0) is 16.0 Å². The van der Waals surface area contributed by atoms with Gasteiger partial charge in [-0.05, 0) is 44.2 Å². The summed E-state index contributed by atoms with van der Waals surface area (Å²) in [5.74, 6) is -0.0514. The fourth-order valence-electron chi connectivity index (χ4n) is 3.34. The van der Waals surface area contributed by atoms with E-state index in [4.69, 9.17) is 16.3 Å². The molecular formula is C20H25ClN4O2S. The highest BCUT2D eigenvalue weighted by molar-refractivity contribution is 7.98. The molecule has 1 fully saturated rings. The molecular weight excluding hydrogens is 396 g/mol. The lowest BCUT2D eigenvalue weighted by molar-refractivity contribution is -0.116. The number of carbonyl (C=O) groups is 1. The summed E-state index contributed by atoms with van der Waals surface area (Å²) in [6.07, 6.45) is 2.92. The van der Waals surface area contributed by atoms with Gasteiger partial charge in [-0.3, -0.25) is 4.79 Å². The molecule has 0 saturated carbocycles. The maximum absolute atomic E-state index is 12.6. The minimum Gasteiger partial charge on any atom is -0.378 e. The van der Waals surface area contributed by atoms with Gasteiger partial charge in [0.05, 0.1) is 29.6 Å². The van der Waals surface area contributed by atoms with Gasteiger partial charge in [-0.1, -0.05) is 29.4 Å². The number of carbonyl (C=O) groups excluding carboxylic acids is 1. The second kappa shape index (κ2) is 9.58. The number of aryl methyl sites for hydroxylation is 2. The molecule has 0 aliphatic carbocycles. The number of benzene rings is 1. The Labute approximate surface area is 175 Å². The van der Waals surface area contributed by atoms with Crippen LogP contribution in [0.4, 0.5) is 11.4 Å². The largest absolute Gasteiger partial charge is 0.378 e. The summed E-state index contributed by atoms with van der Waals surface area (Å²) in [7, 11) is 0. The van der Waals surface area contributed by atoms with E-state index in [-0.39, 0.29) is 5.91 Å². The summed E-state index contributed by atoms with van der Waals surface area (Å²) >= 11 is 7.96. The Morgan fingerprint density at radius 2 is 1.93 bits per heavy atom. The third kappa shape index (κ3) is 4.96. The zero-order valence-electron chi connectivity index (χ0n) is 16.4. The number of anilines is 2. The van der Waals surface area contributed by atoms with Gasteiger partial charge >= 0.3 is 0 Å². The summed E-state index contributed by atoms with van der Waals surface area (Å²) in [6, 6.07) is 5.59. The molecule has 2 aromatic rings. The maximum Gasteiger partial charge on any atom is 0.224 e. The van der Waals surface area contributed by atoms with Gasteiger partial charge in [0.2, 0.25) is 5.91 Å². The van der Waals surface area contributed by atoms with Crippen LogP contribution in [0.2, 0.25) is 5.02 Å². The summed E-state index contributed by atoms with van der Waals surface area (Å²) in [6.45, 7) is 6.75. The number of aromatic nitrogens is 2. The van der Waals surface area contributed by atoms with Gasteiger partial charge in [0.25, 0.3) is 0 Å². The van der Waals surface area contributed by atoms with E-state index in [2.05, 4.69) is 20.2 Å². The number of hydrogen-bond acceptors (Lipinski definition) is 6. The smallest absolute Gasteiger partial charge is 0.224 e. The second-order valence-electron chi connectivity index (χ2n) is 6.64. The van der Waals surface area contributed by atoms with E-state index in [0.717, 1.165) is 46.6 Å². The van der Waals surface area contributed by atoms with Gasteiger partial charge in [-0.15, -0.1) is 0 Å². The molecule has 0 bridgehead atoms. The van der Waals surface area contributed by atoms with Crippen LogP contribution in [0.25, 0.3) is 0 Å². The number of morpholine rings is 1. The van der Waals surface area contributed by atoms with E-state index in [1.165, 1.54) is 11.8 Å². The molecule has 1 aromatic carbocycles. The number of ether oxygens (including phenoxy) is 1. The third-order valence-electron chi connectivity index (χ3n) is 4.77. The van der Waals surface area contributed by atoms with E-state index in [0.29, 0.717) is 31.1 Å². The first-order chi connectivity index (χ1) is 13.5. The predicted octanol–water partition coefficient (Wildman–Crippen LogP) is 3.88. The molecule has 0 atom stereocenters. The summed E-state index contributed by atoms with van der Waals surface area (Å²) in [5.41, 5.74) is 4.50. The first-order valence-corrected chi connectivity index (χ1v) is 10.9. The lowest BCUT2D eigenvalue weighted by Crippen LogP contribution is -2.37. The Balaban J connectivity index is 1.70. The zero-order valence-corrected chi connectivity index (χ0v) is 18.0. The lowest BCUT2D eigenvalue weighted by atomic mass is 10.1. The topological polar surface area (TPSA) is 67.4 Å². The quantitative estimate of drug-likeness (QED) is 0.565. The van der Waals surface area contributed by atoms with Crippen LogP contribution in [0.1, 0.15) is 23.4 Å². The molecule has 1 amide bonds. The summed E-state index contributed by atoms with van der Waals surface area (Å²) < 4.78 is 5.42. The van der Waals surface area contributed by atoms with Crippen molar-refractivity contribution in [1.29, 1.82) is 0 Å². The van der Waals surface area contributed by atoms with Gasteiger partial charge in [-0.25, -0.2) is 9.97 Å². The fraction of sp³-hybridized carbons (Fsp3) is 0.450. The van der Waals surface area contributed by atoms with Crippen LogP contribution in [0.5, 0.6) is 0 Å². The first kappa shape index (κ1) is 20.9. The van der Waals surface area contributed by atoms with E-state index >= 15 is 0 Å². The molecule has 0 radical (unpaired) electrons. The van der Waals surface area contributed by atoms with Gasteiger partial charge in [0.1, 0.15) is 0 Å². The van der Waals surface area contributed by atoms with E-state index < -0.39 is 0 Å². The van der Waals surface area contributed by atoms with Gasteiger partial charge in [0, 0.05) is 30.9 Å². The number of rotatable bonds is 6. The summed E-state index contributed by atoms with van der Waals surface area (Å²) in [4.78, 5) is 23.8. The monoisotopic (exact) mass is 420 g/mol. The molecule has 2 heterocycles. The maximum atomic E-state index is 12.6. The minimum atomic E-state index is -0.0514. The van der Waals surface area contributed by atoms with Crippen molar-refractivity contribution >= 4 is 40.6 Å². The molecule has 6 nitrogen and oxygen atoms in total. The molecule has 3 rings (SSSR count). The number of halogens is 1. The van der Waals surface area contributed by atoms with Crippen molar-refractivity contribution in [2.24, 2.45) is 0 Å². The minimum absolute atomic E-state index is 0.0514. The molecule has 0 unspecified atom stereocenters. The normalized spacial score (nSPS) is 14.2. The van der Waals surface area contributed by atoms with Crippen molar-refractivity contribution in [3.8, 4) is 0 Å². The van der Waals surface area contributed by atoms with Crippen LogP contribution in [0, 0.1) is 13.8 Å². The average molecular weight is 421 g/mol. The van der Waals surface area contributed by atoms with Crippen molar-refractivity contribution in [3.05, 3.63) is 40.2 Å². The van der Waals surface area contributed by atoms with Crippen LogP contribution in [-0.4, -0.2) is 48.4 Å². The van der Waals surface area contributed by atoms with E-state index in [1.54, 1.807) is 0 Å². The van der Waals surface area contributed by atoms with Gasteiger partial charge in [0.15, 0.2) is 5.16 Å². The third-order valence-corrected chi connectivity index (χ3v) is 5.63. The Bertz CT molecular complexity index is 833. The van der Waals surface area contributed by atoms with E-state index in [9.17, 15) is 4.79 Å². The second-order valence-corrected chi connectivity index (χ2v) is 7.82. The Morgan fingerprint density at radius 1 is 1.25 bits per heavy atom. The fourth-order valence-corrected chi connectivity index (χ4v) is 4.09. The van der Waals surface area contributed by atoms with Gasteiger partial charge < -0.3 is 15.0 Å². The molecule has 1 saturated heterocycles. The van der Waals surface area contributed by atoms with Crippen LogP contribution >= 0.6 is 23.4 Å². The zero-order chi connectivity index (χ0) is 20.1. The van der Waals surface area contributed by atoms with Crippen LogP contribution in [0.15, 0.2) is 23.4 Å². The SMILES string of the molecule is CSc1nc(C)c(CCC(=O)Nc2cccc(Cl)c2N2CCOCC2)c(C)n1. The molecule has 1 aliphatic rings. The molecule has 0 spiro atoms. The number of nitrogens with one attached hydrogen (secondary N) is 1. The van der Waals surface area contributed by atoms with Crippen molar-refractivity contribution in [1.82, 2.24) is 9.97 Å². The molecule has 150 valence electrons. The highest BCUT2D eigenvalue weighted by Gasteiger charge is 2.19. The summed E-state index contributed by atoms with van der Waals surface area (Å²) in [5, 5.41) is 4.42. The standard InChI is InChI=1S/C20H25ClN4O2S/c1-13-15(14(2)23-20(22-13)28-3)7-8-18(26)24-17-6-4-5-16(21)19(17)25-9-11-27-12-10-25/h4-6H,7-12H2,1-3H3,(H,24,26). The highest BCUT2D eigenvalue weighted by Crippen LogP contribution is 2.34. The average Bonchev–Trinajstić information content (AvgIpc) is 2.68. The number of nitrogens with zero attached hydrogens (tertiary/aromatic N) is 3. The lowest BCUT2D eigenvalue weighted by Gasteiger charge is -2.31. The number of amides is 1. The van der Waals surface area contributed by atoms with Gasteiger partial charge in [-0.2, -0.15) is 0 Å². The molecule has 1 aliphatic heterocycles. The Morgan fingerprint density at radius 3 is 2.57 bits per heavy atom. The Hall–Kier alpha value is -1.83. The van der Waals surface area contributed by atoms with Crippen molar-refractivity contribution in [3.63, 3.8) is 0 Å². The highest BCUT2D eigenvalue weighted by atomic mass is 35.5. The van der Waals surface area contributed by atoms with E-state index in [1.807, 2.05) is 38.3 Å².